The lowest BCUT2D eigenvalue weighted by atomic mass is 10.2. The molecule has 136 valence electrons. The SMILES string of the molecule is CC(C)c1noc(CCCC(=O)N(C)Cc2ccc([C@@H]3C[C@H]3C)o2)n1. The minimum absolute atomic E-state index is 0.0985. The van der Waals surface area contributed by atoms with Crippen LogP contribution in [0.2, 0.25) is 0 Å². The Balaban J connectivity index is 1.42. The summed E-state index contributed by atoms with van der Waals surface area (Å²) in [6, 6.07) is 4.03. The highest BCUT2D eigenvalue weighted by molar-refractivity contribution is 5.75. The van der Waals surface area contributed by atoms with E-state index in [0.29, 0.717) is 37.6 Å². The number of aryl methyl sites for hydroxylation is 1. The molecule has 3 rings (SSSR count). The highest BCUT2D eigenvalue weighted by Crippen LogP contribution is 2.47. The van der Waals surface area contributed by atoms with Gasteiger partial charge in [-0.05, 0) is 30.9 Å². The maximum Gasteiger partial charge on any atom is 0.226 e. The van der Waals surface area contributed by atoms with E-state index in [4.69, 9.17) is 8.94 Å². The Morgan fingerprint density at radius 2 is 2.16 bits per heavy atom. The Morgan fingerprint density at radius 1 is 1.40 bits per heavy atom. The normalized spacial score (nSPS) is 19.4. The van der Waals surface area contributed by atoms with Gasteiger partial charge in [0.1, 0.15) is 11.5 Å². The molecule has 2 aromatic rings. The van der Waals surface area contributed by atoms with Crippen LogP contribution < -0.4 is 0 Å². The average Bonchev–Trinajstić information content (AvgIpc) is 2.98. The third-order valence-electron chi connectivity index (χ3n) is 4.76. The summed E-state index contributed by atoms with van der Waals surface area (Å²) in [6.45, 7) is 6.79. The van der Waals surface area contributed by atoms with Crippen LogP contribution in [0.4, 0.5) is 0 Å². The van der Waals surface area contributed by atoms with Crippen molar-refractivity contribution in [2.24, 2.45) is 5.92 Å². The van der Waals surface area contributed by atoms with Gasteiger partial charge >= 0.3 is 0 Å². The van der Waals surface area contributed by atoms with Gasteiger partial charge in [-0.1, -0.05) is 25.9 Å². The van der Waals surface area contributed by atoms with E-state index in [1.165, 1.54) is 6.42 Å². The minimum Gasteiger partial charge on any atom is -0.464 e. The lowest BCUT2D eigenvalue weighted by Crippen LogP contribution is -2.25. The van der Waals surface area contributed by atoms with E-state index in [9.17, 15) is 4.79 Å². The molecule has 6 nitrogen and oxygen atoms in total. The van der Waals surface area contributed by atoms with Gasteiger partial charge in [-0.25, -0.2) is 0 Å². The van der Waals surface area contributed by atoms with Crippen molar-refractivity contribution in [3.8, 4) is 0 Å². The summed E-state index contributed by atoms with van der Waals surface area (Å²) in [4.78, 5) is 18.3. The first-order valence-corrected chi connectivity index (χ1v) is 9.09. The molecule has 6 heteroatoms. The molecule has 0 unspecified atom stereocenters. The second-order valence-corrected chi connectivity index (χ2v) is 7.43. The zero-order chi connectivity index (χ0) is 18.0. The van der Waals surface area contributed by atoms with Crippen molar-refractivity contribution >= 4 is 5.91 Å². The van der Waals surface area contributed by atoms with E-state index in [1.54, 1.807) is 4.90 Å². The van der Waals surface area contributed by atoms with Crippen LogP contribution in [-0.4, -0.2) is 28.0 Å². The van der Waals surface area contributed by atoms with Crippen LogP contribution in [0.1, 0.15) is 75.1 Å². The lowest BCUT2D eigenvalue weighted by Gasteiger charge is -2.15. The summed E-state index contributed by atoms with van der Waals surface area (Å²) in [5.41, 5.74) is 0. The van der Waals surface area contributed by atoms with Crippen molar-refractivity contribution in [1.82, 2.24) is 15.0 Å². The maximum absolute atomic E-state index is 12.3. The van der Waals surface area contributed by atoms with Crippen molar-refractivity contribution in [1.29, 1.82) is 0 Å². The number of rotatable bonds is 8. The van der Waals surface area contributed by atoms with Gasteiger partial charge in [0.15, 0.2) is 5.82 Å². The summed E-state index contributed by atoms with van der Waals surface area (Å²) < 4.78 is 11.1. The van der Waals surface area contributed by atoms with Crippen LogP contribution in [0.15, 0.2) is 21.1 Å². The van der Waals surface area contributed by atoms with Gasteiger partial charge in [-0.2, -0.15) is 4.98 Å². The molecular formula is C19H27N3O3. The molecule has 1 fully saturated rings. The molecule has 1 aliphatic rings. The zero-order valence-electron chi connectivity index (χ0n) is 15.5. The minimum atomic E-state index is 0.0985. The molecule has 1 aliphatic carbocycles. The molecule has 0 aromatic carbocycles. The van der Waals surface area contributed by atoms with Crippen molar-refractivity contribution < 1.29 is 13.7 Å². The topological polar surface area (TPSA) is 72.4 Å². The monoisotopic (exact) mass is 345 g/mol. The first kappa shape index (κ1) is 17.7. The smallest absolute Gasteiger partial charge is 0.226 e. The average molecular weight is 345 g/mol. The number of carbonyl (C=O) groups is 1. The Labute approximate surface area is 148 Å². The predicted molar refractivity (Wildman–Crippen MR) is 93.0 cm³/mol. The third-order valence-corrected chi connectivity index (χ3v) is 4.76. The van der Waals surface area contributed by atoms with Crippen molar-refractivity contribution in [2.75, 3.05) is 7.05 Å². The number of hydrogen-bond acceptors (Lipinski definition) is 5. The summed E-state index contributed by atoms with van der Waals surface area (Å²) in [5, 5.41) is 3.94. The van der Waals surface area contributed by atoms with Gasteiger partial charge in [0.25, 0.3) is 0 Å². The molecule has 0 bridgehead atoms. The molecule has 1 amide bonds. The second-order valence-electron chi connectivity index (χ2n) is 7.43. The number of furan rings is 1. The molecule has 2 atom stereocenters. The van der Waals surface area contributed by atoms with E-state index in [2.05, 4.69) is 17.1 Å². The zero-order valence-corrected chi connectivity index (χ0v) is 15.5. The van der Waals surface area contributed by atoms with Crippen LogP contribution in [0.25, 0.3) is 0 Å². The molecular weight excluding hydrogens is 318 g/mol. The fraction of sp³-hybridized carbons (Fsp3) is 0.632. The number of hydrogen-bond donors (Lipinski definition) is 0. The standard InChI is InChI=1S/C19H27N3O3/c1-12(2)19-20-17(25-21-19)6-5-7-18(23)22(4)11-14-8-9-16(24-14)15-10-13(15)3/h8-9,12-13,15H,5-7,10-11H2,1-4H3/t13-,15-/m1/s1. The van der Waals surface area contributed by atoms with Crippen LogP contribution in [-0.2, 0) is 17.8 Å². The fourth-order valence-corrected chi connectivity index (χ4v) is 2.91. The maximum atomic E-state index is 12.3. The molecule has 2 heterocycles. The lowest BCUT2D eigenvalue weighted by molar-refractivity contribution is -0.130. The van der Waals surface area contributed by atoms with E-state index in [1.807, 2.05) is 33.0 Å². The molecule has 0 N–H and O–H groups in total. The van der Waals surface area contributed by atoms with E-state index in [-0.39, 0.29) is 11.8 Å². The Kier molecular flexibility index (Phi) is 5.25. The summed E-state index contributed by atoms with van der Waals surface area (Å²) >= 11 is 0. The number of carbonyl (C=O) groups excluding carboxylic acids is 1. The molecule has 0 aliphatic heterocycles. The predicted octanol–water partition coefficient (Wildman–Crippen LogP) is 3.89. The number of nitrogens with zero attached hydrogens (tertiary/aromatic N) is 3. The molecule has 0 saturated heterocycles. The Bertz CT molecular complexity index is 719. The van der Waals surface area contributed by atoms with Crippen molar-refractivity contribution in [3.05, 3.63) is 35.4 Å². The summed E-state index contributed by atoms with van der Waals surface area (Å²) in [7, 11) is 1.81. The van der Waals surface area contributed by atoms with E-state index >= 15 is 0 Å². The molecule has 0 spiro atoms. The Hall–Kier alpha value is -2.11. The van der Waals surface area contributed by atoms with Crippen molar-refractivity contribution in [3.63, 3.8) is 0 Å². The largest absolute Gasteiger partial charge is 0.464 e. The van der Waals surface area contributed by atoms with Crippen LogP contribution in [0.5, 0.6) is 0 Å². The van der Waals surface area contributed by atoms with Gasteiger partial charge in [-0.15, -0.1) is 0 Å². The highest BCUT2D eigenvalue weighted by atomic mass is 16.5. The quantitative estimate of drug-likeness (QED) is 0.726. The molecule has 2 aromatic heterocycles. The fourth-order valence-electron chi connectivity index (χ4n) is 2.91. The summed E-state index contributed by atoms with van der Waals surface area (Å²) in [5.74, 6) is 4.87. The Morgan fingerprint density at radius 3 is 2.80 bits per heavy atom. The summed E-state index contributed by atoms with van der Waals surface area (Å²) in [6.07, 6.45) is 2.99. The van der Waals surface area contributed by atoms with Gasteiger partial charge in [0.2, 0.25) is 11.8 Å². The van der Waals surface area contributed by atoms with E-state index < -0.39 is 0 Å². The first-order valence-electron chi connectivity index (χ1n) is 9.09. The molecule has 1 saturated carbocycles. The number of amides is 1. The van der Waals surface area contributed by atoms with Gasteiger partial charge < -0.3 is 13.8 Å². The van der Waals surface area contributed by atoms with Crippen LogP contribution in [0, 0.1) is 5.92 Å². The van der Waals surface area contributed by atoms with Gasteiger partial charge in [0.05, 0.1) is 6.54 Å². The third kappa shape index (κ3) is 4.50. The molecule has 0 radical (unpaired) electrons. The first-order chi connectivity index (χ1) is 11.9. The van der Waals surface area contributed by atoms with Gasteiger partial charge in [0, 0.05) is 31.7 Å². The van der Waals surface area contributed by atoms with Crippen LogP contribution >= 0.6 is 0 Å². The number of aromatic nitrogens is 2. The highest BCUT2D eigenvalue weighted by Gasteiger charge is 2.36. The van der Waals surface area contributed by atoms with Gasteiger partial charge in [-0.3, -0.25) is 4.79 Å². The van der Waals surface area contributed by atoms with E-state index in [0.717, 1.165) is 23.3 Å². The molecule has 25 heavy (non-hydrogen) atoms. The van der Waals surface area contributed by atoms with Crippen LogP contribution in [0.3, 0.4) is 0 Å². The second kappa shape index (κ2) is 7.42. The van der Waals surface area contributed by atoms with Crippen molar-refractivity contribution in [2.45, 2.75) is 64.8 Å².